The van der Waals surface area contributed by atoms with Crippen molar-refractivity contribution in [3.63, 3.8) is 0 Å². The Kier molecular flexibility index (Phi) is 7.03. The van der Waals surface area contributed by atoms with E-state index in [0.717, 1.165) is 11.1 Å². The van der Waals surface area contributed by atoms with Gasteiger partial charge in [-0.2, -0.15) is 5.10 Å². The molecule has 0 aliphatic carbocycles. The second kappa shape index (κ2) is 9.65. The van der Waals surface area contributed by atoms with Gasteiger partial charge < -0.3 is 0 Å². The van der Waals surface area contributed by atoms with E-state index in [1.54, 1.807) is 37.3 Å². The average Bonchev–Trinajstić information content (AvgIpc) is 3.18. The van der Waals surface area contributed by atoms with Gasteiger partial charge in [-0.05, 0) is 66.9 Å². The fraction of sp³-hybridized carbons (Fsp3) is 0.208. The predicted octanol–water partition coefficient (Wildman–Crippen LogP) is 6.55. The quantitative estimate of drug-likeness (QED) is 0.399. The van der Waals surface area contributed by atoms with Crippen LogP contribution in [0.4, 0.5) is 5.69 Å². The van der Waals surface area contributed by atoms with Crippen LogP contribution in [0.15, 0.2) is 70.7 Å². The number of hydrazone groups is 1. The average molecular weight is 523 g/mol. The Balaban J connectivity index is 1.63. The van der Waals surface area contributed by atoms with Crippen molar-refractivity contribution in [3.05, 3.63) is 92.4 Å². The zero-order valence-corrected chi connectivity index (χ0v) is 21.1. The number of rotatable bonds is 6. The zero-order valence-electron chi connectivity index (χ0n) is 18.0. The first kappa shape index (κ1) is 24.0. The normalized spacial score (nSPS) is 16.2. The van der Waals surface area contributed by atoms with Crippen molar-refractivity contribution >= 4 is 56.2 Å². The summed E-state index contributed by atoms with van der Waals surface area (Å²) in [4.78, 5) is 0.271. The molecule has 172 valence electrons. The molecule has 3 aromatic rings. The van der Waals surface area contributed by atoms with E-state index in [-0.39, 0.29) is 17.5 Å². The third-order valence-corrected chi connectivity index (χ3v) is 7.82. The second-order valence-electron chi connectivity index (χ2n) is 7.97. The molecule has 0 saturated carbocycles. The summed E-state index contributed by atoms with van der Waals surface area (Å²) in [5, 5.41) is 8.16. The Labute approximate surface area is 209 Å². The number of anilines is 1. The number of hydrogen-bond donors (Lipinski definition) is 1. The van der Waals surface area contributed by atoms with Gasteiger partial charge in [0, 0.05) is 16.5 Å². The Bertz CT molecular complexity index is 1330. The molecule has 5 nitrogen and oxygen atoms in total. The van der Waals surface area contributed by atoms with Crippen LogP contribution in [-0.4, -0.2) is 20.7 Å². The summed E-state index contributed by atoms with van der Waals surface area (Å²) >= 11 is 18.6. The molecule has 0 unspecified atom stereocenters. The van der Waals surface area contributed by atoms with E-state index in [1.807, 2.05) is 42.3 Å². The molecule has 0 saturated heterocycles. The molecule has 1 aliphatic heterocycles. The fourth-order valence-corrected chi connectivity index (χ4v) is 5.73. The van der Waals surface area contributed by atoms with Gasteiger partial charge >= 0.3 is 0 Å². The van der Waals surface area contributed by atoms with Gasteiger partial charge in [0.1, 0.15) is 0 Å². The van der Waals surface area contributed by atoms with Gasteiger partial charge in [0.15, 0.2) is 0 Å². The highest BCUT2D eigenvalue weighted by Gasteiger charge is 2.31. The number of sulfonamides is 1. The predicted molar refractivity (Wildman–Crippen MR) is 136 cm³/mol. The first-order valence-electron chi connectivity index (χ1n) is 10.3. The molecule has 0 bridgehead atoms. The van der Waals surface area contributed by atoms with Gasteiger partial charge in [0.2, 0.25) is 10.0 Å². The van der Waals surface area contributed by atoms with E-state index < -0.39 is 10.0 Å². The van der Waals surface area contributed by atoms with Crippen LogP contribution in [0, 0.1) is 13.8 Å². The standard InChI is InChI=1S/C24H22Cl3N3O2S/c1-15-3-4-16(2)24(11-15)33(31,32)28-14-20-13-23(17-5-7-18(25)8-6-17)30(29-20)22-10-9-19(26)12-21(22)27/h3-12,23,28H,13-14H2,1-2H3/t23-/m0/s1. The SMILES string of the molecule is Cc1ccc(C)c(S(=O)(=O)NCC2=NN(c3ccc(Cl)cc3Cl)[C@H](c3ccc(Cl)cc3)C2)c1. The minimum Gasteiger partial charge on any atom is -0.256 e. The first-order chi connectivity index (χ1) is 15.6. The molecule has 0 fully saturated rings. The summed E-state index contributed by atoms with van der Waals surface area (Å²) in [6.45, 7) is 3.73. The summed E-state index contributed by atoms with van der Waals surface area (Å²) < 4.78 is 28.6. The minimum atomic E-state index is -3.69. The second-order valence-corrected chi connectivity index (χ2v) is 11.0. The van der Waals surface area contributed by atoms with Gasteiger partial charge in [-0.25, -0.2) is 13.1 Å². The Morgan fingerprint density at radius 3 is 2.36 bits per heavy atom. The molecule has 0 aromatic heterocycles. The molecule has 4 rings (SSSR count). The van der Waals surface area contributed by atoms with Crippen LogP contribution < -0.4 is 9.73 Å². The lowest BCUT2D eigenvalue weighted by molar-refractivity contribution is 0.585. The Morgan fingerprint density at radius 1 is 0.970 bits per heavy atom. The van der Waals surface area contributed by atoms with E-state index in [2.05, 4.69) is 4.72 Å². The molecule has 0 spiro atoms. The van der Waals surface area contributed by atoms with Crippen molar-refractivity contribution in [3.8, 4) is 0 Å². The number of benzene rings is 3. The van der Waals surface area contributed by atoms with Crippen molar-refractivity contribution in [2.24, 2.45) is 5.10 Å². The van der Waals surface area contributed by atoms with Crippen LogP contribution in [0.3, 0.4) is 0 Å². The molecule has 9 heteroatoms. The van der Waals surface area contributed by atoms with Gasteiger partial charge in [-0.1, -0.05) is 59.1 Å². The van der Waals surface area contributed by atoms with Crippen LogP contribution in [0.1, 0.15) is 29.2 Å². The summed E-state index contributed by atoms with van der Waals surface area (Å²) in [5.74, 6) is 0. The summed E-state index contributed by atoms with van der Waals surface area (Å²) in [6, 6.07) is 17.9. The molecule has 1 N–H and O–H groups in total. The Hall–Kier alpha value is -2.09. The van der Waals surface area contributed by atoms with Crippen LogP contribution in [0.2, 0.25) is 15.1 Å². The number of hydrogen-bond acceptors (Lipinski definition) is 4. The van der Waals surface area contributed by atoms with E-state index in [4.69, 9.17) is 39.9 Å². The van der Waals surface area contributed by atoms with Gasteiger partial charge in [0.05, 0.1) is 33.9 Å². The molecule has 0 radical (unpaired) electrons. The molecule has 33 heavy (non-hydrogen) atoms. The molecular weight excluding hydrogens is 501 g/mol. The smallest absolute Gasteiger partial charge is 0.241 e. The van der Waals surface area contributed by atoms with Crippen molar-refractivity contribution in [2.45, 2.75) is 31.2 Å². The third-order valence-electron chi connectivity index (χ3n) is 5.48. The maximum atomic E-state index is 13.0. The number of nitrogens with one attached hydrogen (secondary N) is 1. The minimum absolute atomic E-state index is 0.0848. The highest BCUT2D eigenvalue weighted by molar-refractivity contribution is 7.89. The maximum absolute atomic E-state index is 13.0. The number of nitrogens with zero attached hydrogens (tertiary/aromatic N) is 2. The van der Waals surface area contributed by atoms with E-state index in [1.165, 1.54) is 0 Å². The maximum Gasteiger partial charge on any atom is 0.241 e. The molecule has 1 aliphatic rings. The van der Waals surface area contributed by atoms with Crippen LogP contribution in [-0.2, 0) is 10.0 Å². The number of aryl methyl sites for hydroxylation is 2. The van der Waals surface area contributed by atoms with Crippen molar-refractivity contribution in [1.82, 2.24) is 4.72 Å². The zero-order chi connectivity index (χ0) is 23.8. The lowest BCUT2D eigenvalue weighted by atomic mass is 10.0. The Morgan fingerprint density at radius 2 is 1.67 bits per heavy atom. The van der Waals surface area contributed by atoms with Crippen LogP contribution in [0.5, 0.6) is 0 Å². The molecule has 1 atom stereocenters. The largest absolute Gasteiger partial charge is 0.256 e. The lowest BCUT2D eigenvalue weighted by Gasteiger charge is -2.25. The van der Waals surface area contributed by atoms with Crippen molar-refractivity contribution < 1.29 is 8.42 Å². The summed E-state index contributed by atoms with van der Waals surface area (Å²) in [6.07, 6.45) is 0.524. The lowest BCUT2D eigenvalue weighted by Crippen LogP contribution is -2.29. The third kappa shape index (κ3) is 5.36. The molecular formula is C24H22Cl3N3O2S. The fourth-order valence-electron chi connectivity index (χ4n) is 3.77. The van der Waals surface area contributed by atoms with Crippen molar-refractivity contribution in [2.75, 3.05) is 11.6 Å². The summed E-state index contributed by atoms with van der Waals surface area (Å²) in [5.41, 5.74) is 3.94. The monoisotopic (exact) mass is 521 g/mol. The summed E-state index contributed by atoms with van der Waals surface area (Å²) in [7, 11) is -3.69. The van der Waals surface area contributed by atoms with Crippen molar-refractivity contribution in [1.29, 1.82) is 0 Å². The van der Waals surface area contributed by atoms with Crippen LogP contribution >= 0.6 is 34.8 Å². The highest BCUT2D eigenvalue weighted by atomic mass is 35.5. The van der Waals surface area contributed by atoms with Gasteiger partial charge in [-0.3, -0.25) is 5.01 Å². The molecule has 0 amide bonds. The topological polar surface area (TPSA) is 61.8 Å². The van der Waals surface area contributed by atoms with E-state index >= 15 is 0 Å². The highest BCUT2D eigenvalue weighted by Crippen LogP contribution is 2.39. The number of halogens is 3. The molecule has 1 heterocycles. The van der Waals surface area contributed by atoms with Gasteiger partial charge in [0.25, 0.3) is 0 Å². The molecule has 3 aromatic carbocycles. The van der Waals surface area contributed by atoms with Gasteiger partial charge in [-0.15, -0.1) is 0 Å². The van der Waals surface area contributed by atoms with E-state index in [0.29, 0.717) is 38.5 Å². The van der Waals surface area contributed by atoms with E-state index in [9.17, 15) is 8.42 Å². The van der Waals surface area contributed by atoms with Crippen LogP contribution in [0.25, 0.3) is 0 Å². The first-order valence-corrected chi connectivity index (χ1v) is 12.9.